The molecule has 0 aliphatic carbocycles. The van der Waals surface area contributed by atoms with E-state index in [0.717, 1.165) is 22.9 Å². The zero-order valence-electron chi connectivity index (χ0n) is 16.3. The van der Waals surface area contributed by atoms with Crippen LogP contribution in [0, 0.1) is 0 Å². The van der Waals surface area contributed by atoms with Gasteiger partial charge in [-0.05, 0) is 29.5 Å². The number of methoxy groups -OCH3 is 1. The van der Waals surface area contributed by atoms with Crippen molar-refractivity contribution in [1.29, 1.82) is 0 Å². The summed E-state index contributed by atoms with van der Waals surface area (Å²) in [4.78, 5) is 27.9. The molecule has 5 heteroatoms. The third kappa shape index (κ3) is 4.80. The second-order valence-electron chi connectivity index (χ2n) is 7.06. The van der Waals surface area contributed by atoms with Gasteiger partial charge in [0, 0.05) is 29.9 Å². The fraction of sp³-hybridized carbons (Fsp3) is 0.304. The van der Waals surface area contributed by atoms with Crippen LogP contribution in [0.5, 0.6) is 0 Å². The van der Waals surface area contributed by atoms with Crippen LogP contribution in [0.2, 0.25) is 0 Å². The molecular formula is C23H26N2O3. The summed E-state index contributed by atoms with van der Waals surface area (Å²) in [5.74, 6) is -0.301. The molecule has 146 valence electrons. The van der Waals surface area contributed by atoms with E-state index in [4.69, 9.17) is 4.74 Å². The molecule has 0 aliphatic rings. The fourth-order valence-electron chi connectivity index (χ4n) is 3.42. The minimum absolute atomic E-state index is 0.141. The monoisotopic (exact) mass is 378 g/mol. The summed E-state index contributed by atoms with van der Waals surface area (Å²) in [6.45, 7) is 2.10. The highest BCUT2D eigenvalue weighted by Gasteiger charge is 2.23. The highest BCUT2D eigenvalue weighted by Crippen LogP contribution is 2.21. The van der Waals surface area contributed by atoms with E-state index in [2.05, 4.69) is 29.4 Å². The average Bonchev–Trinajstić information content (AvgIpc) is 3.14. The number of nitrogens with one attached hydrogen (secondary N) is 2. The van der Waals surface area contributed by atoms with Gasteiger partial charge >= 0.3 is 5.97 Å². The van der Waals surface area contributed by atoms with E-state index in [1.807, 2.05) is 48.7 Å². The molecule has 28 heavy (non-hydrogen) atoms. The van der Waals surface area contributed by atoms with E-state index in [1.54, 1.807) is 0 Å². The van der Waals surface area contributed by atoms with Crippen molar-refractivity contribution in [3.05, 3.63) is 71.9 Å². The summed E-state index contributed by atoms with van der Waals surface area (Å²) in [5.41, 5.74) is 3.19. The van der Waals surface area contributed by atoms with Crippen molar-refractivity contribution in [3.63, 3.8) is 0 Å². The maximum Gasteiger partial charge on any atom is 0.328 e. The molecule has 1 heterocycles. The molecule has 0 fully saturated rings. The molecule has 0 bridgehead atoms. The van der Waals surface area contributed by atoms with Gasteiger partial charge in [-0.2, -0.15) is 0 Å². The summed E-state index contributed by atoms with van der Waals surface area (Å²) in [7, 11) is 1.34. The van der Waals surface area contributed by atoms with Gasteiger partial charge in [-0.15, -0.1) is 0 Å². The third-order valence-corrected chi connectivity index (χ3v) is 5.09. The van der Waals surface area contributed by atoms with Crippen molar-refractivity contribution < 1.29 is 14.3 Å². The summed E-state index contributed by atoms with van der Waals surface area (Å²) >= 11 is 0. The maximum absolute atomic E-state index is 12.5. The topological polar surface area (TPSA) is 71.2 Å². The van der Waals surface area contributed by atoms with Crippen LogP contribution in [0.15, 0.2) is 60.8 Å². The van der Waals surface area contributed by atoms with Gasteiger partial charge < -0.3 is 15.0 Å². The summed E-state index contributed by atoms with van der Waals surface area (Å²) in [6.07, 6.45) is 3.34. The molecule has 1 amide bonds. The van der Waals surface area contributed by atoms with Gasteiger partial charge in [0.1, 0.15) is 6.04 Å². The van der Waals surface area contributed by atoms with Crippen LogP contribution in [0.3, 0.4) is 0 Å². The number of fused-ring (bicyclic) bond motifs is 1. The molecule has 2 aromatic carbocycles. The minimum atomic E-state index is -0.705. The van der Waals surface area contributed by atoms with Gasteiger partial charge in [0.05, 0.1) is 7.11 Å². The standard InChI is InChI=1S/C23H26N2O3/c1-16(17-8-4-3-5-9-17)12-13-22(26)25-21(23(27)28-2)14-18-15-24-20-11-7-6-10-19(18)20/h3-11,15-16,21,24H,12-14H2,1-2H3,(H,25,26)/t16-,21-/m1/s1. The number of rotatable bonds is 8. The number of hydrogen-bond donors (Lipinski definition) is 2. The Balaban J connectivity index is 1.62. The number of aromatic amines is 1. The SMILES string of the molecule is COC(=O)[C@@H](Cc1c[nH]c2ccccc12)NC(=O)CC[C@@H](C)c1ccccc1. The number of para-hydroxylation sites is 1. The van der Waals surface area contributed by atoms with Gasteiger partial charge in [0.15, 0.2) is 0 Å². The van der Waals surface area contributed by atoms with E-state index in [1.165, 1.54) is 12.7 Å². The van der Waals surface area contributed by atoms with Crippen LogP contribution in [0.1, 0.15) is 36.8 Å². The van der Waals surface area contributed by atoms with Gasteiger partial charge in [-0.1, -0.05) is 55.5 Å². The number of benzene rings is 2. The van der Waals surface area contributed by atoms with Crippen LogP contribution < -0.4 is 5.32 Å². The molecule has 0 saturated heterocycles. The lowest BCUT2D eigenvalue weighted by Crippen LogP contribution is -2.43. The van der Waals surface area contributed by atoms with Crippen molar-refractivity contribution >= 4 is 22.8 Å². The lowest BCUT2D eigenvalue weighted by molar-refractivity contribution is -0.145. The first-order valence-corrected chi connectivity index (χ1v) is 9.55. The van der Waals surface area contributed by atoms with Crippen molar-refractivity contribution in [1.82, 2.24) is 10.3 Å². The van der Waals surface area contributed by atoms with Crippen LogP contribution in [-0.4, -0.2) is 30.0 Å². The zero-order valence-corrected chi connectivity index (χ0v) is 16.3. The summed E-state index contributed by atoms with van der Waals surface area (Å²) < 4.78 is 4.91. The smallest absolute Gasteiger partial charge is 0.328 e. The molecule has 3 aromatic rings. The van der Waals surface area contributed by atoms with Gasteiger partial charge in [0.2, 0.25) is 5.91 Å². The molecule has 2 N–H and O–H groups in total. The first kappa shape index (κ1) is 19.7. The molecule has 0 radical (unpaired) electrons. The number of carbonyl (C=O) groups is 2. The normalized spacial score (nSPS) is 13.1. The van der Waals surface area contributed by atoms with Crippen LogP contribution >= 0.6 is 0 Å². The number of carbonyl (C=O) groups excluding carboxylic acids is 2. The van der Waals surface area contributed by atoms with Gasteiger partial charge in [0.25, 0.3) is 0 Å². The molecule has 5 nitrogen and oxygen atoms in total. The van der Waals surface area contributed by atoms with Crippen molar-refractivity contribution in [3.8, 4) is 0 Å². The number of H-pyrrole nitrogens is 1. The third-order valence-electron chi connectivity index (χ3n) is 5.09. The van der Waals surface area contributed by atoms with Crippen molar-refractivity contribution in [2.75, 3.05) is 7.11 Å². The number of aromatic nitrogens is 1. The highest BCUT2D eigenvalue weighted by atomic mass is 16.5. The molecular weight excluding hydrogens is 352 g/mol. The molecule has 1 aromatic heterocycles. The summed E-state index contributed by atoms with van der Waals surface area (Å²) in [5, 5.41) is 3.89. The van der Waals surface area contributed by atoms with Gasteiger partial charge in [-0.25, -0.2) is 4.79 Å². The molecule has 0 unspecified atom stereocenters. The average molecular weight is 378 g/mol. The molecule has 0 saturated carbocycles. The Morgan fingerprint density at radius 2 is 1.79 bits per heavy atom. The maximum atomic E-state index is 12.5. The Morgan fingerprint density at radius 1 is 1.07 bits per heavy atom. The van der Waals surface area contributed by atoms with E-state index in [9.17, 15) is 9.59 Å². The largest absolute Gasteiger partial charge is 0.467 e. The number of ether oxygens (including phenoxy) is 1. The van der Waals surface area contributed by atoms with Crippen LogP contribution in [-0.2, 0) is 20.7 Å². The lowest BCUT2D eigenvalue weighted by Gasteiger charge is -2.17. The van der Waals surface area contributed by atoms with E-state index >= 15 is 0 Å². The first-order valence-electron chi connectivity index (χ1n) is 9.55. The Morgan fingerprint density at radius 3 is 2.54 bits per heavy atom. The van der Waals surface area contributed by atoms with Gasteiger partial charge in [-0.3, -0.25) is 4.79 Å². The minimum Gasteiger partial charge on any atom is -0.467 e. The van der Waals surface area contributed by atoms with Crippen molar-refractivity contribution in [2.24, 2.45) is 0 Å². The lowest BCUT2D eigenvalue weighted by atomic mass is 9.96. The Labute approximate surface area is 165 Å². The predicted octanol–water partition coefficient (Wildman–Crippen LogP) is 3.95. The quantitative estimate of drug-likeness (QED) is 0.583. The molecule has 0 aliphatic heterocycles. The first-order chi connectivity index (χ1) is 13.6. The molecule has 3 rings (SSSR count). The van der Waals surface area contributed by atoms with E-state index < -0.39 is 12.0 Å². The van der Waals surface area contributed by atoms with Crippen molar-refractivity contribution in [2.45, 2.75) is 38.1 Å². The number of hydrogen-bond acceptors (Lipinski definition) is 3. The Bertz CT molecular complexity index is 933. The van der Waals surface area contributed by atoms with E-state index in [0.29, 0.717) is 12.8 Å². The highest BCUT2D eigenvalue weighted by molar-refractivity contribution is 5.87. The Hall–Kier alpha value is -3.08. The second-order valence-corrected chi connectivity index (χ2v) is 7.06. The molecule has 0 spiro atoms. The van der Waals surface area contributed by atoms with Crippen LogP contribution in [0.25, 0.3) is 10.9 Å². The zero-order chi connectivity index (χ0) is 19.9. The number of esters is 1. The Kier molecular flexibility index (Phi) is 6.48. The summed E-state index contributed by atoms with van der Waals surface area (Å²) in [6, 6.07) is 17.3. The predicted molar refractivity (Wildman–Crippen MR) is 110 cm³/mol. The molecule has 2 atom stereocenters. The second kappa shape index (κ2) is 9.22. The fourth-order valence-corrected chi connectivity index (χ4v) is 3.42. The number of amides is 1. The van der Waals surface area contributed by atoms with Crippen LogP contribution in [0.4, 0.5) is 0 Å². The van der Waals surface area contributed by atoms with E-state index in [-0.39, 0.29) is 11.8 Å².